The summed E-state index contributed by atoms with van der Waals surface area (Å²) in [4.78, 5) is 38.4. The lowest BCUT2D eigenvalue weighted by Gasteiger charge is -2.32. The molecule has 2 atom stereocenters. The highest BCUT2D eigenvalue weighted by Crippen LogP contribution is 2.36. The van der Waals surface area contributed by atoms with Crippen LogP contribution in [0.2, 0.25) is 0 Å². The van der Waals surface area contributed by atoms with Gasteiger partial charge in [0.15, 0.2) is 0 Å². The van der Waals surface area contributed by atoms with Crippen LogP contribution in [0, 0.1) is 0 Å². The Hall–Kier alpha value is -3.35. The van der Waals surface area contributed by atoms with Gasteiger partial charge in [0, 0.05) is 18.2 Å². The van der Waals surface area contributed by atoms with Crippen LogP contribution in [0.15, 0.2) is 48.5 Å². The van der Waals surface area contributed by atoms with Gasteiger partial charge in [-0.2, -0.15) is 0 Å². The van der Waals surface area contributed by atoms with Crippen LogP contribution in [0.25, 0.3) is 0 Å². The fourth-order valence-electron chi connectivity index (χ4n) is 3.65. The lowest BCUT2D eigenvalue weighted by Crippen LogP contribution is -2.44. The van der Waals surface area contributed by atoms with Crippen LogP contribution in [0.1, 0.15) is 27.1 Å². The zero-order valence-electron chi connectivity index (χ0n) is 14.8. The van der Waals surface area contributed by atoms with Gasteiger partial charge in [0.25, 0.3) is 5.91 Å². The van der Waals surface area contributed by atoms with E-state index >= 15 is 0 Å². The molecular weight excluding hydrogens is 346 g/mol. The Morgan fingerprint density at radius 2 is 1.81 bits per heavy atom. The maximum absolute atomic E-state index is 12.5. The zero-order valence-corrected chi connectivity index (χ0v) is 14.8. The maximum Gasteiger partial charge on any atom is 0.337 e. The molecule has 2 aromatic carbocycles. The number of para-hydroxylation sites is 2. The minimum absolute atomic E-state index is 0.0483. The lowest BCUT2D eigenvalue weighted by atomic mass is 10.1. The third kappa shape index (κ3) is 3.12. The van der Waals surface area contributed by atoms with Crippen LogP contribution < -0.4 is 15.5 Å². The molecule has 1 fully saturated rings. The molecule has 7 heteroatoms. The van der Waals surface area contributed by atoms with Crippen molar-refractivity contribution < 1.29 is 19.1 Å². The van der Waals surface area contributed by atoms with Crippen LogP contribution in [0.5, 0.6) is 0 Å². The number of rotatable bonds is 3. The smallest absolute Gasteiger partial charge is 0.337 e. The molecule has 2 amide bonds. The van der Waals surface area contributed by atoms with Gasteiger partial charge in [-0.05, 0) is 42.8 Å². The molecule has 138 valence electrons. The molecule has 1 saturated heterocycles. The highest BCUT2D eigenvalue weighted by Gasteiger charge is 2.41. The molecule has 0 spiro atoms. The molecule has 0 saturated carbocycles. The average molecular weight is 365 g/mol. The number of benzene rings is 2. The predicted molar refractivity (Wildman–Crippen MR) is 99.9 cm³/mol. The quantitative estimate of drug-likeness (QED) is 0.810. The molecule has 2 aliphatic rings. The number of carbonyl (C=O) groups is 3. The van der Waals surface area contributed by atoms with E-state index < -0.39 is 5.97 Å². The number of hydrogen-bond acceptors (Lipinski definition) is 5. The van der Waals surface area contributed by atoms with E-state index in [2.05, 4.69) is 15.4 Å². The second kappa shape index (κ2) is 6.75. The minimum atomic E-state index is -0.445. The van der Waals surface area contributed by atoms with Crippen molar-refractivity contribution in [1.29, 1.82) is 0 Å². The largest absolute Gasteiger partial charge is 0.465 e. The summed E-state index contributed by atoms with van der Waals surface area (Å²) in [5, 5.41) is 5.91. The number of hydrogen-bond donors (Lipinski definition) is 2. The first-order chi connectivity index (χ1) is 13.1. The monoisotopic (exact) mass is 365 g/mol. The summed E-state index contributed by atoms with van der Waals surface area (Å²) < 4.78 is 4.65. The van der Waals surface area contributed by atoms with Gasteiger partial charge >= 0.3 is 5.97 Å². The molecule has 2 unspecified atom stereocenters. The van der Waals surface area contributed by atoms with Gasteiger partial charge in [0.05, 0.1) is 24.0 Å². The second-order valence-corrected chi connectivity index (χ2v) is 6.65. The van der Waals surface area contributed by atoms with Gasteiger partial charge in [0.1, 0.15) is 6.04 Å². The van der Waals surface area contributed by atoms with Crippen molar-refractivity contribution in [2.75, 3.05) is 23.9 Å². The Balaban J connectivity index is 1.46. The van der Waals surface area contributed by atoms with Crippen molar-refractivity contribution in [2.24, 2.45) is 0 Å². The summed E-state index contributed by atoms with van der Waals surface area (Å²) in [5.74, 6) is -0.725. The molecule has 27 heavy (non-hydrogen) atoms. The summed E-state index contributed by atoms with van der Waals surface area (Å²) in [5.41, 5.74) is 2.61. The molecule has 2 heterocycles. The predicted octanol–water partition coefficient (Wildman–Crippen LogP) is 1.80. The third-order valence-electron chi connectivity index (χ3n) is 4.98. The van der Waals surface area contributed by atoms with Gasteiger partial charge in [0.2, 0.25) is 5.91 Å². The fraction of sp³-hybridized carbons (Fsp3) is 0.250. The van der Waals surface area contributed by atoms with E-state index in [1.165, 1.54) is 7.11 Å². The molecule has 7 nitrogen and oxygen atoms in total. The standard InChI is InChI=1S/C20H19N3O4/c1-27-20(26)13-8-6-12(7-9-13)18(24)21-14-10-17-19(25)22-15-4-2-3-5-16(15)23(17)11-14/h2-9,14,17H,10-11H2,1H3,(H,21,24)(H,22,25). The number of carbonyl (C=O) groups excluding carboxylic acids is 3. The van der Waals surface area contributed by atoms with Gasteiger partial charge in [-0.25, -0.2) is 4.79 Å². The van der Waals surface area contributed by atoms with Crippen LogP contribution in [-0.2, 0) is 9.53 Å². The van der Waals surface area contributed by atoms with Crippen molar-refractivity contribution in [3.05, 3.63) is 59.7 Å². The molecule has 0 aromatic heterocycles. The van der Waals surface area contributed by atoms with Crippen molar-refractivity contribution in [2.45, 2.75) is 18.5 Å². The number of esters is 1. The zero-order chi connectivity index (χ0) is 19.0. The molecule has 2 N–H and O–H groups in total. The first-order valence-corrected chi connectivity index (χ1v) is 8.72. The number of methoxy groups -OCH3 is 1. The van der Waals surface area contributed by atoms with Gasteiger partial charge in [-0.3, -0.25) is 9.59 Å². The summed E-state index contributed by atoms with van der Waals surface area (Å²) in [6, 6.07) is 13.5. The van der Waals surface area contributed by atoms with Crippen molar-refractivity contribution >= 4 is 29.2 Å². The number of nitrogens with one attached hydrogen (secondary N) is 2. The summed E-state index contributed by atoms with van der Waals surface area (Å²) in [7, 11) is 1.31. The van der Waals surface area contributed by atoms with Gasteiger partial charge < -0.3 is 20.3 Å². The van der Waals surface area contributed by atoms with E-state index in [1.54, 1.807) is 24.3 Å². The first-order valence-electron chi connectivity index (χ1n) is 8.72. The highest BCUT2D eigenvalue weighted by atomic mass is 16.5. The fourth-order valence-corrected chi connectivity index (χ4v) is 3.65. The van der Waals surface area contributed by atoms with Gasteiger partial charge in [-0.15, -0.1) is 0 Å². The van der Waals surface area contributed by atoms with Crippen LogP contribution in [0.4, 0.5) is 11.4 Å². The summed E-state index contributed by atoms with van der Waals surface area (Å²) >= 11 is 0. The van der Waals surface area contributed by atoms with E-state index in [-0.39, 0.29) is 23.9 Å². The molecular formula is C20H19N3O4. The average Bonchev–Trinajstić information content (AvgIpc) is 3.12. The number of amides is 2. The summed E-state index contributed by atoms with van der Waals surface area (Å²) in [6.45, 7) is 0.571. The Morgan fingerprint density at radius 1 is 1.11 bits per heavy atom. The van der Waals surface area contributed by atoms with Crippen molar-refractivity contribution in [1.82, 2.24) is 5.32 Å². The van der Waals surface area contributed by atoms with E-state index in [1.807, 2.05) is 29.2 Å². The first kappa shape index (κ1) is 17.1. The van der Waals surface area contributed by atoms with E-state index in [0.717, 1.165) is 11.4 Å². The van der Waals surface area contributed by atoms with Crippen LogP contribution in [-0.4, -0.2) is 43.5 Å². The molecule has 4 rings (SSSR count). The highest BCUT2D eigenvalue weighted by molar-refractivity contribution is 6.04. The number of fused-ring (bicyclic) bond motifs is 3. The Labute approximate surface area is 156 Å². The SMILES string of the molecule is COC(=O)c1ccc(C(=O)NC2CC3C(=O)Nc4ccccc4N3C2)cc1. The normalized spacial score (nSPS) is 20.3. The molecule has 0 aliphatic carbocycles. The molecule has 0 radical (unpaired) electrons. The molecule has 2 aliphatic heterocycles. The third-order valence-corrected chi connectivity index (χ3v) is 4.98. The topological polar surface area (TPSA) is 87.7 Å². The van der Waals surface area contributed by atoms with Crippen molar-refractivity contribution in [3.8, 4) is 0 Å². The maximum atomic E-state index is 12.5. The van der Waals surface area contributed by atoms with Crippen LogP contribution >= 0.6 is 0 Å². The Kier molecular flexibility index (Phi) is 4.27. The summed E-state index contributed by atoms with van der Waals surface area (Å²) in [6.07, 6.45) is 0.548. The number of ether oxygens (including phenoxy) is 1. The van der Waals surface area contributed by atoms with E-state index in [9.17, 15) is 14.4 Å². The molecule has 2 aromatic rings. The number of nitrogens with zero attached hydrogens (tertiary/aromatic N) is 1. The Bertz CT molecular complexity index is 910. The lowest BCUT2D eigenvalue weighted by molar-refractivity contribution is -0.117. The minimum Gasteiger partial charge on any atom is -0.465 e. The Morgan fingerprint density at radius 3 is 2.56 bits per heavy atom. The van der Waals surface area contributed by atoms with Crippen molar-refractivity contribution in [3.63, 3.8) is 0 Å². The van der Waals surface area contributed by atoms with E-state index in [0.29, 0.717) is 24.1 Å². The molecule has 0 bridgehead atoms. The second-order valence-electron chi connectivity index (χ2n) is 6.65. The number of anilines is 2. The van der Waals surface area contributed by atoms with Gasteiger partial charge in [-0.1, -0.05) is 12.1 Å². The van der Waals surface area contributed by atoms with Crippen LogP contribution in [0.3, 0.4) is 0 Å². The van der Waals surface area contributed by atoms with E-state index in [4.69, 9.17) is 0 Å².